The molecule has 0 aliphatic rings. The number of amides is 1. The Morgan fingerprint density at radius 1 is 1.21 bits per heavy atom. The maximum atomic E-state index is 12.7. The third-order valence-corrected chi connectivity index (χ3v) is 1.66. The van der Waals surface area contributed by atoms with Gasteiger partial charge in [0, 0.05) is 0 Å². The summed E-state index contributed by atoms with van der Waals surface area (Å²) < 4.78 is 46.6. The maximum Gasteiger partial charge on any atom is 0.448 e. The van der Waals surface area contributed by atoms with Gasteiger partial charge in [0.2, 0.25) is 0 Å². The molecule has 19 heavy (non-hydrogen) atoms. The molecule has 0 aliphatic carbocycles. The third kappa shape index (κ3) is 4.93. The normalized spacial score (nSPS) is 15.4. The lowest BCUT2D eigenvalue weighted by atomic mass is 10.2. The number of carbonyl (C=O) groups is 2. The first kappa shape index (κ1) is 17.5. The first-order valence-corrected chi connectivity index (χ1v) is 5.31. The summed E-state index contributed by atoms with van der Waals surface area (Å²) in [6.07, 6.45) is -7.05. The van der Waals surface area contributed by atoms with E-state index in [-0.39, 0.29) is 0 Å². The number of hydrogen-bond donors (Lipinski definition) is 2. The van der Waals surface area contributed by atoms with Gasteiger partial charge >= 0.3 is 24.0 Å². The van der Waals surface area contributed by atoms with Crippen molar-refractivity contribution in [2.75, 3.05) is 6.61 Å². The molecule has 112 valence electrons. The number of esters is 1. The fourth-order valence-corrected chi connectivity index (χ4v) is 0.924. The van der Waals surface area contributed by atoms with Gasteiger partial charge in [-0.15, -0.1) is 0 Å². The molecule has 0 saturated carbocycles. The van der Waals surface area contributed by atoms with Gasteiger partial charge in [0.15, 0.2) is 0 Å². The summed E-state index contributed by atoms with van der Waals surface area (Å²) in [6.45, 7) is 5.08. The van der Waals surface area contributed by atoms with Crippen molar-refractivity contribution >= 4 is 12.1 Å². The van der Waals surface area contributed by atoms with Crippen molar-refractivity contribution in [2.45, 2.75) is 45.2 Å². The predicted octanol–water partition coefficient (Wildman–Crippen LogP) is 1.33. The van der Waals surface area contributed by atoms with Crippen molar-refractivity contribution in [3.8, 4) is 0 Å². The fraction of sp³-hybridized carbons (Fsp3) is 0.800. The highest BCUT2D eigenvalue weighted by molar-refractivity contribution is 5.85. The number of carbonyl (C=O) groups excluding carboxylic acids is 2. The number of alkyl carbamates (subject to hydrolysis) is 1. The molecule has 0 rings (SSSR count). The Labute approximate surface area is 107 Å². The SMILES string of the molecule is CCOC(=O)C(O)(NC(=O)OC(C)(C)C)C(F)(F)F. The second kappa shape index (κ2) is 5.64. The molecule has 0 fully saturated rings. The van der Waals surface area contributed by atoms with Crippen LogP contribution in [0.2, 0.25) is 0 Å². The molecular weight excluding hydrogens is 271 g/mol. The molecule has 0 aliphatic heterocycles. The van der Waals surface area contributed by atoms with Gasteiger partial charge in [0.05, 0.1) is 6.61 Å². The molecule has 9 heteroatoms. The van der Waals surface area contributed by atoms with E-state index in [9.17, 15) is 27.9 Å². The Bertz CT molecular complexity index is 350. The predicted molar refractivity (Wildman–Crippen MR) is 57.0 cm³/mol. The van der Waals surface area contributed by atoms with Crippen LogP contribution in [0.3, 0.4) is 0 Å². The second-order valence-corrected chi connectivity index (χ2v) is 4.56. The Kier molecular flexibility index (Phi) is 5.19. The zero-order valence-corrected chi connectivity index (χ0v) is 10.9. The van der Waals surface area contributed by atoms with Crippen molar-refractivity contribution in [1.29, 1.82) is 0 Å². The van der Waals surface area contributed by atoms with Gasteiger partial charge in [-0.05, 0) is 27.7 Å². The van der Waals surface area contributed by atoms with Gasteiger partial charge in [-0.1, -0.05) is 0 Å². The highest BCUT2D eigenvalue weighted by Gasteiger charge is 2.63. The lowest BCUT2D eigenvalue weighted by molar-refractivity contribution is -0.270. The van der Waals surface area contributed by atoms with E-state index >= 15 is 0 Å². The van der Waals surface area contributed by atoms with Crippen LogP contribution in [0, 0.1) is 0 Å². The van der Waals surface area contributed by atoms with Crippen LogP contribution in [0.25, 0.3) is 0 Å². The minimum Gasteiger partial charge on any atom is -0.462 e. The van der Waals surface area contributed by atoms with Crippen molar-refractivity contribution in [2.24, 2.45) is 0 Å². The minimum absolute atomic E-state index is 0.396. The van der Waals surface area contributed by atoms with E-state index in [1.165, 1.54) is 27.7 Å². The van der Waals surface area contributed by atoms with E-state index in [4.69, 9.17) is 0 Å². The number of halogens is 3. The van der Waals surface area contributed by atoms with Gasteiger partial charge in [-0.3, -0.25) is 5.32 Å². The number of rotatable bonds is 3. The van der Waals surface area contributed by atoms with Crippen LogP contribution in [0.5, 0.6) is 0 Å². The molecule has 0 aromatic carbocycles. The van der Waals surface area contributed by atoms with E-state index in [1.807, 2.05) is 0 Å². The highest BCUT2D eigenvalue weighted by Crippen LogP contribution is 2.29. The van der Waals surface area contributed by atoms with Crippen molar-refractivity contribution in [3.05, 3.63) is 0 Å². The molecule has 0 aromatic heterocycles. The van der Waals surface area contributed by atoms with E-state index in [1.54, 1.807) is 0 Å². The van der Waals surface area contributed by atoms with Gasteiger partial charge in [0.1, 0.15) is 5.60 Å². The van der Waals surface area contributed by atoms with Crippen LogP contribution in [0.15, 0.2) is 0 Å². The Hall–Kier alpha value is -1.51. The Morgan fingerprint density at radius 3 is 2.00 bits per heavy atom. The zero-order chi connectivity index (χ0) is 15.5. The molecule has 6 nitrogen and oxygen atoms in total. The average Bonchev–Trinajstić information content (AvgIpc) is 2.12. The molecule has 1 atom stereocenters. The van der Waals surface area contributed by atoms with Crippen molar-refractivity contribution in [3.63, 3.8) is 0 Å². The largest absolute Gasteiger partial charge is 0.462 e. The van der Waals surface area contributed by atoms with E-state index < -0.39 is 36.2 Å². The smallest absolute Gasteiger partial charge is 0.448 e. The van der Waals surface area contributed by atoms with Crippen molar-refractivity contribution < 1.29 is 37.3 Å². The highest BCUT2D eigenvalue weighted by atomic mass is 19.4. The monoisotopic (exact) mass is 287 g/mol. The summed E-state index contributed by atoms with van der Waals surface area (Å²) in [4.78, 5) is 22.4. The number of alkyl halides is 3. The van der Waals surface area contributed by atoms with Gasteiger partial charge in [-0.25, -0.2) is 9.59 Å². The van der Waals surface area contributed by atoms with E-state index in [2.05, 4.69) is 9.47 Å². The lowest BCUT2D eigenvalue weighted by Crippen LogP contribution is -2.65. The number of aliphatic hydroxyl groups is 1. The van der Waals surface area contributed by atoms with Crippen LogP contribution >= 0.6 is 0 Å². The molecule has 0 heterocycles. The van der Waals surface area contributed by atoms with Gasteiger partial charge in [-0.2, -0.15) is 13.2 Å². The van der Waals surface area contributed by atoms with Crippen LogP contribution in [0.4, 0.5) is 18.0 Å². The van der Waals surface area contributed by atoms with Gasteiger partial charge in [0.25, 0.3) is 0 Å². The fourth-order valence-electron chi connectivity index (χ4n) is 0.924. The summed E-state index contributed by atoms with van der Waals surface area (Å²) in [5.74, 6) is -2.03. The number of hydrogen-bond acceptors (Lipinski definition) is 5. The summed E-state index contributed by atoms with van der Waals surface area (Å²) in [5.41, 5.74) is -5.24. The van der Waals surface area contributed by atoms with Crippen LogP contribution in [-0.2, 0) is 14.3 Å². The summed E-state index contributed by atoms with van der Waals surface area (Å²) >= 11 is 0. The topological polar surface area (TPSA) is 84.9 Å². The average molecular weight is 287 g/mol. The molecule has 0 radical (unpaired) electrons. The molecular formula is C10H16F3NO5. The molecule has 2 N–H and O–H groups in total. The molecule has 1 amide bonds. The van der Waals surface area contributed by atoms with Crippen molar-refractivity contribution in [1.82, 2.24) is 5.32 Å². The summed E-state index contributed by atoms with van der Waals surface area (Å²) in [5, 5.41) is 10.4. The van der Waals surface area contributed by atoms with Gasteiger partial charge < -0.3 is 14.6 Å². The van der Waals surface area contributed by atoms with E-state index in [0.29, 0.717) is 0 Å². The quantitative estimate of drug-likeness (QED) is 0.604. The van der Waals surface area contributed by atoms with Crippen LogP contribution in [-0.4, -0.2) is 41.3 Å². The first-order valence-electron chi connectivity index (χ1n) is 5.31. The Morgan fingerprint density at radius 2 is 1.68 bits per heavy atom. The first-order chi connectivity index (χ1) is 8.33. The number of nitrogens with one attached hydrogen (secondary N) is 1. The summed E-state index contributed by atoms with van der Waals surface area (Å²) in [6, 6.07) is 0. The molecule has 1 unspecified atom stereocenters. The third-order valence-electron chi connectivity index (χ3n) is 1.66. The Balaban J connectivity index is 5.10. The molecule has 0 saturated heterocycles. The maximum absolute atomic E-state index is 12.7. The second-order valence-electron chi connectivity index (χ2n) is 4.56. The molecule has 0 spiro atoms. The molecule has 0 aromatic rings. The van der Waals surface area contributed by atoms with Crippen LogP contribution < -0.4 is 5.32 Å². The van der Waals surface area contributed by atoms with Crippen LogP contribution in [0.1, 0.15) is 27.7 Å². The molecule has 0 bridgehead atoms. The van der Waals surface area contributed by atoms with E-state index in [0.717, 1.165) is 5.32 Å². The lowest BCUT2D eigenvalue weighted by Gasteiger charge is -2.29. The standard InChI is InChI=1S/C10H16F3NO5/c1-5-18-6(15)9(17,10(11,12)13)14-7(16)19-8(2,3)4/h17H,5H2,1-4H3,(H,14,16). The summed E-state index contributed by atoms with van der Waals surface area (Å²) in [7, 11) is 0. The zero-order valence-electron chi connectivity index (χ0n) is 10.9. The number of ether oxygens (including phenoxy) is 2. The minimum atomic E-state index is -5.45.